The normalized spacial score (nSPS) is 26.8. The highest BCUT2D eigenvalue weighted by Gasteiger charge is 2.52. The van der Waals surface area contributed by atoms with Crippen LogP contribution < -0.4 is 10.1 Å². The Kier molecular flexibility index (Phi) is 5.13. The van der Waals surface area contributed by atoms with Gasteiger partial charge >= 0.3 is 6.03 Å². The maximum absolute atomic E-state index is 12.8. The zero-order valence-corrected chi connectivity index (χ0v) is 15.5. The van der Waals surface area contributed by atoms with E-state index < -0.39 is 5.54 Å². The van der Waals surface area contributed by atoms with Crippen molar-refractivity contribution in [2.45, 2.75) is 44.6 Å². The van der Waals surface area contributed by atoms with Gasteiger partial charge in [0.2, 0.25) is 0 Å². The summed E-state index contributed by atoms with van der Waals surface area (Å²) in [6, 6.07) is 7.20. The van der Waals surface area contributed by atoms with Gasteiger partial charge in [-0.2, -0.15) is 0 Å². The number of carbonyl (C=O) groups is 2. The van der Waals surface area contributed by atoms with Crippen LogP contribution in [0.1, 0.15) is 39.0 Å². The van der Waals surface area contributed by atoms with Crippen LogP contribution in [0.4, 0.5) is 4.79 Å². The summed E-state index contributed by atoms with van der Waals surface area (Å²) >= 11 is 3.37. The number of urea groups is 1. The molecule has 1 saturated heterocycles. The molecule has 24 heavy (non-hydrogen) atoms. The number of benzene rings is 1. The summed E-state index contributed by atoms with van der Waals surface area (Å²) in [5, 5.41) is 2.95. The van der Waals surface area contributed by atoms with Gasteiger partial charge in [0.25, 0.3) is 5.91 Å². The first-order valence-electron chi connectivity index (χ1n) is 8.56. The molecular weight excluding hydrogens is 372 g/mol. The van der Waals surface area contributed by atoms with Crippen molar-refractivity contribution in [1.29, 1.82) is 0 Å². The smallest absolute Gasteiger partial charge is 0.325 e. The Morgan fingerprint density at radius 3 is 2.54 bits per heavy atom. The second-order valence-electron chi connectivity index (χ2n) is 6.62. The van der Waals surface area contributed by atoms with Crippen LogP contribution in [0.3, 0.4) is 0 Å². The van der Waals surface area contributed by atoms with Crippen LogP contribution in [0.5, 0.6) is 5.75 Å². The summed E-state index contributed by atoms with van der Waals surface area (Å²) in [6.07, 6.45) is 4.65. The van der Waals surface area contributed by atoms with Crippen molar-refractivity contribution >= 4 is 27.9 Å². The molecule has 0 bridgehead atoms. The van der Waals surface area contributed by atoms with E-state index in [9.17, 15) is 9.59 Å². The van der Waals surface area contributed by atoms with Crippen LogP contribution in [-0.2, 0) is 4.79 Å². The van der Waals surface area contributed by atoms with Crippen LogP contribution in [0, 0.1) is 5.92 Å². The highest BCUT2D eigenvalue weighted by atomic mass is 79.9. The van der Waals surface area contributed by atoms with E-state index in [4.69, 9.17) is 4.74 Å². The van der Waals surface area contributed by atoms with E-state index in [-0.39, 0.29) is 18.5 Å². The molecule has 1 aromatic rings. The van der Waals surface area contributed by atoms with E-state index in [2.05, 4.69) is 28.2 Å². The van der Waals surface area contributed by atoms with E-state index in [1.807, 2.05) is 24.3 Å². The zero-order chi connectivity index (χ0) is 17.2. The van der Waals surface area contributed by atoms with Crippen LogP contribution in [0.2, 0.25) is 0 Å². The number of nitrogens with zero attached hydrogens (tertiary/aromatic N) is 1. The molecule has 0 radical (unpaired) electrons. The number of imide groups is 1. The average Bonchev–Trinajstić information content (AvgIpc) is 2.81. The Bertz CT molecular complexity index is 609. The molecule has 0 unspecified atom stereocenters. The molecule has 2 aliphatic rings. The lowest BCUT2D eigenvalue weighted by molar-refractivity contribution is -0.133. The number of hydrogen-bond donors (Lipinski definition) is 1. The summed E-state index contributed by atoms with van der Waals surface area (Å²) in [6.45, 7) is 2.76. The van der Waals surface area contributed by atoms with Crippen molar-refractivity contribution in [3.63, 3.8) is 0 Å². The number of halogens is 1. The largest absolute Gasteiger partial charge is 0.492 e. The number of carbonyl (C=O) groups excluding carboxylic acids is 2. The van der Waals surface area contributed by atoms with E-state index in [1.54, 1.807) is 0 Å². The van der Waals surface area contributed by atoms with E-state index in [0.717, 1.165) is 42.3 Å². The Labute approximate surface area is 150 Å². The minimum atomic E-state index is -0.666. The first kappa shape index (κ1) is 17.3. The van der Waals surface area contributed by atoms with Crippen LogP contribution >= 0.6 is 15.9 Å². The second-order valence-corrected chi connectivity index (χ2v) is 7.54. The lowest BCUT2D eigenvalue weighted by atomic mass is 9.75. The number of nitrogens with one attached hydrogen (secondary N) is 1. The maximum atomic E-state index is 12.8. The lowest BCUT2D eigenvalue weighted by Gasteiger charge is -2.34. The molecule has 1 aliphatic carbocycles. The van der Waals surface area contributed by atoms with Crippen molar-refractivity contribution in [2.75, 3.05) is 13.2 Å². The van der Waals surface area contributed by atoms with Crippen LogP contribution in [0.25, 0.3) is 0 Å². The first-order valence-corrected chi connectivity index (χ1v) is 9.36. The summed E-state index contributed by atoms with van der Waals surface area (Å²) in [5.41, 5.74) is -0.666. The van der Waals surface area contributed by atoms with E-state index >= 15 is 0 Å². The fraction of sp³-hybridized carbons (Fsp3) is 0.556. The van der Waals surface area contributed by atoms with Gasteiger partial charge in [-0.25, -0.2) is 4.79 Å². The Morgan fingerprint density at radius 1 is 1.25 bits per heavy atom. The Morgan fingerprint density at radius 2 is 1.92 bits per heavy atom. The quantitative estimate of drug-likeness (QED) is 0.774. The van der Waals surface area contributed by atoms with Crippen LogP contribution in [-0.4, -0.2) is 35.5 Å². The highest BCUT2D eigenvalue weighted by Crippen LogP contribution is 2.37. The molecule has 3 rings (SSSR count). The number of hydrogen-bond acceptors (Lipinski definition) is 3. The van der Waals surface area contributed by atoms with Crippen molar-refractivity contribution < 1.29 is 14.3 Å². The molecule has 6 heteroatoms. The van der Waals surface area contributed by atoms with Crippen molar-refractivity contribution in [3.8, 4) is 5.75 Å². The van der Waals surface area contributed by atoms with Gasteiger partial charge < -0.3 is 10.1 Å². The van der Waals surface area contributed by atoms with Crippen molar-refractivity contribution in [2.24, 2.45) is 5.92 Å². The summed E-state index contributed by atoms with van der Waals surface area (Å²) in [5.74, 6) is 1.32. The predicted octanol–water partition coefficient (Wildman–Crippen LogP) is 3.72. The van der Waals surface area contributed by atoms with Gasteiger partial charge in [-0.05, 0) is 55.9 Å². The molecule has 0 aromatic heterocycles. The number of rotatable bonds is 5. The molecule has 1 N–H and O–H groups in total. The minimum Gasteiger partial charge on any atom is -0.492 e. The third-order valence-corrected chi connectivity index (χ3v) is 5.71. The van der Waals surface area contributed by atoms with Crippen molar-refractivity contribution in [3.05, 3.63) is 28.7 Å². The summed E-state index contributed by atoms with van der Waals surface area (Å²) < 4.78 is 6.62. The second kappa shape index (κ2) is 7.13. The molecule has 3 amide bonds. The Hall–Kier alpha value is -1.56. The number of amides is 3. The lowest BCUT2D eigenvalue weighted by Crippen LogP contribution is -2.49. The molecule has 130 valence electrons. The van der Waals surface area contributed by atoms with Crippen molar-refractivity contribution in [1.82, 2.24) is 10.2 Å². The molecule has 2 fully saturated rings. The van der Waals surface area contributed by atoms with Gasteiger partial charge in [0, 0.05) is 4.47 Å². The first-order chi connectivity index (χ1) is 11.5. The molecule has 1 spiro atoms. The topological polar surface area (TPSA) is 58.6 Å². The SMILES string of the molecule is CCC1CCC2(CC1)NC(=O)N(CCOc1ccc(Br)cc1)C2=O. The molecule has 1 aromatic carbocycles. The van der Waals surface area contributed by atoms with Crippen LogP contribution in [0.15, 0.2) is 28.7 Å². The van der Waals surface area contributed by atoms with Gasteiger partial charge in [-0.3, -0.25) is 9.69 Å². The fourth-order valence-electron chi connectivity index (χ4n) is 3.58. The predicted molar refractivity (Wildman–Crippen MR) is 94.9 cm³/mol. The third-order valence-electron chi connectivity index (χ3n) is 5.18. The molecular formula is C18H23BrN2O3. The number of ether oxygens (including phenoxy) is 1. The Balaban J connectivity index is 1.56. The standard InChI is InChI=1S/C18H23BrN2O3/c1-2-13-7-9-18(10-8-13)16(22)21(17(23)20-18)11-12-24-15-5-3-14(19)4-6-15/h3-6,13H,2,7-12H2,1H3,(H,20,23). The van der Waals surface area contributed by atoms with Gasteiger partial charge in [-0.15, -0.1) is 0 Å². The van der Waals surface area contributed by atoms with Gasteiger partial charge in [0.05, 0.1) is 6.54 Å². The van der Waals surface area contributed by atoms with Gasteiger partial charge in [0.1, 0.15) is 17.9 Å². The van der Waals surface area contributed by atoms with E-state index in [0.29, 0.717) is 12.5 Å². The zero-order valence-electron chi connectivity index (χ0n) is 13.9. The molecule has 1 saturated carbocycles. The van der Waals surface area contributed by atoms with Gasteiger partial charge in [0.15, 0.2) is 0 Å². The van der Waals surface area contributed by atoms with E-state index in [1.165, 1.54) is 4.90 Å². The molecule has 0 atom stereocenters. The average molecular weight is 395 g/mol. The third kappa shape index (κ3) is 3.43. The fourth-order valence-corrected chi connectivity index (χ4v) is 3.85. The van der Waals surface area contributed by atoms with Gasteiger partial charge in [-0.1, -0.05) is 29.3 Å². The minimum absolute atomic E-state index is 0.0820. The molecule has 1 aliphatic heterocycles. The monoisotopic (exact) mass is 394 g/mol. The molecule has 5 nitrogen and oxygen atoms in total. The highest BCUT2D eigenvalue weighted by molar-refractivity contribution is 9.10. The molecule has 1 heterocycles. The summed E-state index contributed by atoms with van der Waals surface area (Å²) in [4.78, 5) is 26.3. The maximum Gasteiger partial charge on any atom is 0.325 e. The summed E-state index contributed by atoms with van der Waals surface area (Å²) in [7, 11) is 0.